The maximum absolute atomic E-state index is 11.0. The van der Waals surface area contributed by atoms with Crippen LogP contribution in [0.3, 0.4) is 0 Å². The van der Waals surface area contributed by atoms with Crippen molar-refractivity contribution >= 4 is 0 Å². The quantitative estimate of drug-likeness (QED) is 0.664. The normalized spacial score (nSPS) is 40.9. The monoisotopic (exact) mass is 224 g/mol. The van der Waals surface area contributed by atoms with Crippen LogP contribution < -0.4 is 0 Å². The Labute approximate surface area is 101 Å². The van der Waals surface area contributed by atoms with Crippen molar-refractivity contribution in [3.05, 3.63) is 0 Å². The molecular formula is C15H28O. The van der Waals surface area contributed by atoms with E-state index in [-0.39, 0.29) is 5.60 Å². The molecule has 0 aromatic heterocycles. The van der Waals surface area contributed by atoms with Crippen LogP contribution in [0.2, 0.25) is 0 Å². The molecule has 2 aliphatic rings. The highest BCUT2D eigenvalue weighted by Crippen LogP contribution is 2.53. The minimum atomic E-state index is -0.353. The SMILES string of the molecule is CC1CC(C)(C)CC1(O)C1CCCCCC1. The first-order chi connectivity index (χ1) is 7.44. The molecule has 1 nitrogen and oxygen atoms in total. The molecule has 0 aromatic carbocycles. The molecule has 0 aromatic rings. The predicted octanol–water partition coefficient (Wildman–Crippen LogP) is 4.14. The van der Waals surface area contributed by atoms with E-state index in [0.717, 1.165) is 6.42 Å². The Balaban J connectivity index is 2.11. The number of hydrogen-bond acceptors (Lipinski definition) is 1. The molecule has 0 radical (unpaired) electrons. The largest absolute Gasteiger partial charge is 0.389 e. The molecule has 2 aliphatic carbocycles. The molecular weight excluding hydrogens is 196 g/mol. The Morgan fingerprint density at radius 3 is 2.00 bits per heavy atom. The summed E-state index contributed by atoms with van der Waals surface area (Å²) in [5.74, 6) is 1.07. The summed E-state index contributed by atoms with van der Waals surface area (Å²) in [6.45, 7) is 6.90. The van der Waals surface area contributed by atoms with E-state index in [1.165, 1.54) is 44.9 Å². The Hall–Kier alpha value is -0.0400. The van der Waals surface area contributed by atoms with Gasteiger partial charge in [-0.25, -0.2) is 0 Å². The van der Waals surface area contributed by atoms with Gasteiger partial charge in [-0.05, 0) is 42.9 Å². The second kappa shape index (κ2) is 4.33. The van der Waals surface area contributed by atoms with E-state index < -0.39 is 0 Å². The van der Waals surface area contributed by atoms with Crippen LogP contribution >= 0.6 is 0 Å². The van der Waals surface area contributed by atoms with E-state index in [2.05, 4.69) is 20.8 Å². The molecule has 94 valence electrons. The van der Waals surface area contributed by atoms with E-state index in [1.54, 1.807) is 0 Å². The Bertz CT molecular complexity index is 238. The summed E-state index contributed by atoms with van der Waals surface area (Å²) < 4.78 is 0. The smallest absolute Gasteiger partial charge is 0.0706 e. The molecule has 0 saturated heterocycles. The predicted molar refractivity (Wildman–Crippen MR) is 68.3 cm³/mol. The summed E-state index contributed by atoms with van der Waals surface area (Å²) in [5, 5.41) is 11.0. The van der Waals surface area contributed by atoms with Crippen molar-refractivity contribution in [1.29, 1.82) is 0 Å². The molecule has 0 bridgehead atoms. The van der Waals surface area contributed by atoms with Crippen molar-refractivity contribution in [3.8, 4) is 0 Å². The lowest BCUT2D eigenvalue weighted by atomic mass is 9.75. The van der Waals surface area contributed by atoms with E-state index in [9.17, 15) is 5.11 Å². The highest BCUT2D eigenvalue weighted by Gasteiger charge is 2.51. The van der Waals surface area contributed by atoms with Gasteiger partial charge < -0.3 is 5.11 Å². The van der Waals surface area contributed by atoms with Crippen molar-refractivity contribution in [2.24, 2.45) is 17.3 Å². The first-order valence-electron chi connectivity index (χ1n) is 7.16. The summed E-state index contributed by atoms with van der Waals surface area (Å²) in [7, 11) is 0. The van der Waals surface area contributed by atoms with Gasteiger partial charge in [0.2, 0.25) is 0 Å². The fraction of sp³-hybridized carbons (Fsp3) is 1.00. The molecule has 16 heavy (non-hydrogen) atoms. The Morgan fingerprint density at radius 2 is 1.56 bits per heavy atom. The summed E-state index contributed by atoms with van der Waals surface area (Å²) >= 11 is 0. The average molecular weight is 224 g/mol. The molecule has 2 unspecified atom stereocenters. The topological polar surface area (TPSA) is 20.2 Å². The van der Waals surface area contributed by atoms with Crippen molar-refractivity contribution in [2.75, 3.05) is 0 Å². The van der Waals surface area contributed by atoms with Gasteiger partial charge in [0.1, 0.15) is 0 Å². The van der Waals surface area contributed by atoms with Crippen LogP contribution in [0, 0.1) is 17.3 Å². The van der Waals surface area contributed by atoms with Crippen molar-refractivity contribution < 1.29 is 5.11 Å². The minimum absolute atomic E-state index is 0.348. The second-order valence-corrected chi connectivity index (χ2v) is 7.13. The lowest BCUT2D eigenvalue weighted by Gasteiger charge is -2.37. The standard InChI is InChI=1S/C15H28O/c1-12-10-14(2,3)11-15(12,16)13-8-6-4-5-7-9-13/h12-13,16H,4-11H2,1-3H3. The molecule has 0 heterocycles. The fourth-order valence-electron chi connectivity index (χ4n) is 4.34. The van der Waals surface area contributed by atoms with Crippen LogP contribution in [0.4, 0.5) is 0 Å². The van der Waals surface area contributed by atoms with Crippen LogP contribution in [-0.4, -0.2) is 10.7 Å². The summed E-state index contributed by atoms with van der Waals surface area (Å²) in [6, 6.07) is 0. The van der Waals surface area contributed by atoms with Gasteiger partial charge in [-0.1, -0.05) is 46.5 Å². The molecule has 2 atom stereocenters. The summed E-state index contributed by atoms with van der Waals surface area (Å²) in [5.41, 5.74) is -0.00564. The third kappa shape index (κ3) is 2.30. The van der Waals surface area contributed by atoms with Crippen molar-refractivity contribution in [1.82, 2.24) is 0 Å². The lowest BCUT2D eigenvalue weighted by Crippen LogP contribution is -2.40. The van der Waals surface area contributed by atoms with Gasteiger partial charge in [-0.2, -0.15) is 0 Å². The van der Waals surface area contributed by atoms with Gasteiger partial charge in [0.25, 0.3) is 0 Å². The van der Waals surface area contributed by atoms with Gasteiger partial charge in [-0.3, -0.25) is 0 Å². The zero-order valence-corrected chi connectivity index (χ0v) is 11.3. The van der Waals surface area contributed by atoms with Crippen LogP contribution in [-0.2, 0) is 0 Å². The third-order valence-corrected chi connectivity index (χ3v) is 5.04. The molecule has 2 saturated carbocycles. The molecule has 0 aliphatic heterocycles. The molecule has 2 rings (SSSR count). The lowest BCUT2D eigenvalue weighted by molar-refractivity contribution is -0.0560. The maximum atomic E-state index is 11.0. The number of rotatable bonds is 1. The van der Waals surface area contributed by atoms with E-state index in [1.807, 2.05) is 0 Å². The van der Waals surface area contributed by atoms with Gasteiger partial charge in [0, 0.05) is 0 Å². The van der Waals surface area contributed by atoms with Gasteiger partial charge in [0.05, 0.1) is 5.60 Å². The Kier molecular flexibility index (Phi) is 3.36. The molecule has 0 spiro atoms. The molecule has 1 heteroatoms. The van der Waals surface area contributed by atoms with Gasteiger partial charge in [0.15, 0.2) is 0 Å². The third-order valence-electron chi connectivity index (χ3n) is 5.04. The maximum Gasteiger partial charge on any atom is 0.0706 e. The second-order valence-electron chi connectivity index (χ2n) is 7.13. The van der Waals surface area contributed by atoms with Crippen molar-refractivity contribution in [2.45, 2.75) is 77.7 Å². The molecule has 1 N–H and O–H groups in total. The fourth-order valence-corrected chi connectivity index (χ4v) is 4.34. The highest BCUT2D eigenvalue weighted by atomic mass is 16.3. The first-order valence-corrected chi connectivity index (χ1v) is 7.16. The number of hydrogen-bond donors (Lipinski definition) is 1. The summed E-state index contributed by atoms with van der Waals surface area (Å²) in [4.78, 5) is 0. The molecule has 2 fully saturated rings. The van der Waals surface area contributed by atoms with Crippen LogP contribution in [0.25, 0.3) is 0 Å². The van der Waals surface area contributed by atoms with Crippen LogP contribution in [0.5, 0.6) is 0 Å². The average Bonchev–Trinajstić information content (AvgIpc) is 2.42. The molecule has 0 amide bonds. The van der Waals surface area contributed by atoms with E-state index in [4.69, 9.17) is 0 Å². The van der Waals surface area contributed by atoms with E-state index in [0.29, 0.717) is 17.3 Å². The summed E-state index contributed by atoms with van der Waals surface area (Å²) in [6.07, 6.45) is 10.2. The highest BCUT2D eigenvalue weighted by molar-refractivity contribution is 5.02. The zero-order chi connectivity index (χ0) is 11.8. The minimum Gasteiger partial charge on any atom is -0.389 e. The van der Waals surface area contributed by atoms with Crippen LogP contribution in [0.1, 0.15) is 72.1 Å². The zero-order valence-electron chi connectivity index (χ0n) is 11.3. The van der Waals surface area contributed by atoms with Crippen molar-refractivity contribution in [3.63, 3.8) is 0 Å². The Morgan fingerprint density at radius 1 is 1.00 bits per heavy atom. The van der Waals surface area contributed by atoms with Gasteiger partial charge in [-0.15, -0.1) is 0 Å². The van der Waals surface area contributed by atoms with E-state index >= 15 is 0 Å². The van der Waals surface area contributed by atoms with Crippen LogP contribution in [0.15, 0.2) is 0 Å². The van der Waals surface area contributed by atoms with Gasteiger partial charge >= 0.3 is 0 Å². The number of aliphatic hydroxyl groups is 1. The first kappa shape index (κ1) is 12.4.